The first kappa shape index (κ1) is 21.0. The molecule has 1 amide bonds. The molecule has 1 aliphatic heterocycles. The molecular weight excluding hydrogens is 386 g/mol. The van der Waals surface area contributed by atoms with Crippen LogP contribution in [-0.4, -0.2) is 53.9 Å². The summed E-state index contributed by atoms with van der Waals surface area (Å²) in [7, 11) is 0. The van der Waals surface area contributed by atoms with Crippen LogP contribution in [0.1, 0.15) is 28.9 Å². The number of carbonyl (C=O) groups is 2. The van der Waals surface area contributed by atoms with Crippen LogP contribution in [0, 0.1) is 11.3 Å². The normalized spacial score (nSPS) is 15.1. The van der Waals surface area contributed by atoms with Gasteiger partial charge in [0.2, 0.25) is 5.95 Å². The molecule has 1 aliphatic rings. The van der Waals surface area contributed by atoms with Crippen LogP contribution >= 0.6 is 0 Å². The number of nitriles is 1. The van der Waals surface area contributed by atoms with E-state index in [-0.39, 0.29) is 18.3 Å². The molecule has 0 radical (unpaired) electrons. The number of hydrogen-bond donors (Lipinski definition) is 3. The highest BCUT2D eigenvalue weighted by Crippen LogP contribution is 2.23. The number of aldehydes is 1. The van der Waals surface area contributed by atoms with Crippen LogP contribution in [0.2, 0.25) is 0 Å². The van der Waals surface area contributed by atoms with E-state index in [0.717, 1.165) is 12.8 Å². The van der Waals surface area contributed by atoms with Crippen LogP contribution in [0.4, 0.5) is 11.8 Å². The van der Waals surface area contributed by atoms with Gasteiger partial charge in [0.1, 0.15) is 29.7 Å². The zero-order valence-corrected chi connectivity index (χ0v) is 16.3. The molecule has 30 heavy (non-hydrogen) atoms. The van der Waals surface area contributed by atoms with Crippen molar-refractivity contribution < 1.29 is 14.3 Å². The number of anilines is 2. The van der Waals surface area contributed by atoms with Crippen molar-refractivity contribution in [2.75, 3.05) is 29.9 Å². The van der Waals surface area contributed by atoms with Gasteiger partial charge < -0.3 is 31.2 Å². The molecule has 0 saturated carbocycles. The number of rotatable bonds is 8. The Morgan fingerprint density at radius 1 is 1.33 bits per heavy atom. The first-order chi connectivity index (χ1) is 14.5. The van der Waals surface area contributed by atoms with E-state index in [9.17, 15) is 9.59 Å². The summed E-state index contributed by atoms with van der Waals surface area (Å²) in [6.45, 7) is 1.33. The summed E-state index contributed by atoms with van der Waals surface area (Å²) in [5.41, 5.74) is 11.6. The minimum atomic E-state index is -0.684. The fourth-order valence-corrected chi connectivity index (χ4v) is 3.09. The number of aromatic nitrogens is 2. The third-order valence-electron chi connectivity index (χ3n) is 4.73. The van der Waals surface area contributed by atoms with Gasteiger partial charge in [-0.25, -0.2) is 4.98 Å². The lowest BCUT2D eigenvalue weighted by atomic mass is 10.1. The lowest BCUT2D eigenvalue weighted by Crippen LogP contribution is -2.39. The lowest BCUT2D eigenvalue weighted by molar-refractivity contribution is -0.108. The molecule has 10 heteroatoms. The maximum atomic E-state index is 11.7. The van der Waals surface area contributed by atoms with E-state index in [1.165, 1.54) is 6.07 Å². The molecule has 0 aliphatic carbocycles. The number of hydrogen-bond acceptors (Lipinski definition) is 9. The van der Waals surface area contributed by atoms with Crippen molar-refractivity contribution in [3.8, 4) is 11.8 Å². The monoisotopic (exact) mass is 409 g/mol. The molecule has 1 aromatic heterocycles. The molecule has 2 heterocycles. The minimum Gasteiger partial charge on any atom is -0.490 e. The van der Waals surface area contributed by atoms with Crippen LogP contribution < -0.4 is 26.4 Å². The van der Waals surface area contributed by atoms with E-state index in [1.807, 2.05) is 4.90 Å². The molecule has 0 bridgehead atoms. The van der Waals surface area contributed by atoms with Gasteiger partial charge in [0.05, 0.1) is 17.7 Å². The zero-order valence-electron chi connectivity index (χ0n) is 16.3. The van der Waals surface area contributed by atoms with E-state index in [4.69, 9.17) is 21.5 Å². The molecule has 1 unspecified atom stereocenters. The number of nitrogens with one attached hydrogen (secondary N) is 1. The largest absolute Gasteiger partial charge is 0.490 e. The quantitative estimate of drug-likeness (QED) is 0.525. The van der Waals surface area contributed by atoms with Crippen molar-refractivity contribution in [3.63, 3.8) is 0 Å². The Hall–Kier alpha value is -3.71. The van der Waals surface area contributed by atoms with Gasteiger partial charge in [0, 0.05) is 38.5 Å². The van der Waals surface area contributed by atoms with Gasteiger partial charge in [0.25, 0.3) is 5.91 Å². The van der Waals surface area contributed by atoms with Gasteiger partial charge in [-0.05, 0) is 24.3 Å². The molecular formula is C20H23N7O3. The summed E-state index contributed by atoms with van der Waals surface area (Å²) in [6, 6.07) is 9.85. The Balaban J connectivity index is 1.67. The summed E-state index contributed by atoms with van der Waals surface area (Å²) in [6.07, 6.45) is 2.15. The molecule has 0 spiro atoms. The minimum absolute atomic E-state index is 0.0165. The van der Waals surface area contributed by atoms with Gasteiger partial charge in [-0.2, -0.15) is 10.2 Å². The summed E-state index contributed by atoms with van der Waals surface area (Å²) in [5.74, 6) is 0.698. The second-order valence-corrected chi connectivity index (χ2v) is 6.87. The van der Waals surface area contributed by atoms with Crippen molar-refractivity contribution in [2.24, 2.45) is 11.5 Å². The van der Waals surface area contributed by atoms with E-state index >= 15 is 0 Å². The van der Waals surface area contributed by atoms with Crippen LogP contribution in [0.25, 0.3) is 0 Å². The maximum absolute atomic E-state index is 11.7. The Morgan fingerprint density at radius 2 is 2.03 bits per heavy atom. The van der Waals surface area contributed by atoms with Gasteiger partial charge in [-0.3, -0.25) is 4.79 Å². The summed E-state index contributed by atoms with van der Waals surface area (Å²) < 4.78 is 5.99. The topological polar surface area (TPSA) is 160 Å². The van der Waals surface area contributed by atoms with Gasteiger partial charge in [-0.15, -0.1) is 0 Å². The first-order valence-electron chi connectivity index (χ1n) is 9.55. The Labute approximate surface area is 173 Å². The highest BCUT2D eigenvalue weighted by Gasteiger charge is 2.24. The van der Waals surface area contributed by atoms with E-state index < -0.39 is 11.9 Å². The number of nitrogens with zero attached hydrogens (tertiary/aromatic N) is 4. The number of primary amides is 1. The van der Waals surface area contributed by atoms with E-state index in [1.54, 1.807) is 24.3 Å². The van der Waals surface area contributed by atoms with Gasteiger partial charge in [0.15, 0.2) is 0 Å². The number of piperidine rings is 1. The fourth-order valence-electron chi connectivity index (χ4n) is 3.09. The summed E-state index contributed by atoms with van der Waals surface area (Å²) in [4.78, 5) is 33.3. The first-order valence-corrected chi connectivity index (χ1v) is 9.55. The maximum Gasteiger partial charge on any atom is 0.267 e. The van der Waals surface area contributed by atoms with E-state index in [2.05, 4.69) is 21.4 Å². The van der Waals surface area contributed by atoms with Crippen molar-refractivity contribution in [1.82, 2.24) is 9.97 Å². The SMILES string of the molecule is N#Cc1ccc(OC2CCN(c3nc(NC(C=O)CN)cc(C(N)=O)n3)CC2)cc1. The molecule has 156 valence electrons. The van der Waals surface area contributed by atoms with Gasteiger partial charge >= 0.3 is 0 Å². The molecule has 5 N–H and O–H groups in total. The standard InChI is InChI=1S/C20H23N7O3/c21-10-13-1-3-15(4-2-13)30-16-5-7-27(8-6-16)20-25-17(19(23)29)9-18(26-20)24-14(11-22)12-28/h1-4,9,12,14,16H,5-8,11,22H2,(H2,23,29)(H,24,25,26). The molecule has 2 aromatic rings. The second kappa shape index (κ2) is 9.67. The van der Waals surface area contributed by atoms with Crippen LogP contribution in [0.3, 0.4) is 0 Å². The lowest BCUT2D eigenvalue weighted by Gasteiger charge is -2.32. The van der Waals surface area contributed by atoms with Gasteiger partial charge in [-0.1, -0.05) is 0 Å². The highest BCUT2D eigenvalue weighted by atomic mass is 16.5. The van der Waals surface area contributed by atoms with Crippen molar-refractivity contribution in [3.05, 3.63) is 41.6 Å². The number of ether oxygens (including phenoxy) is 1. The Bertz CT molecular complexity index is 934. The van der Waals surface area contributed by atoms with Crippen LogP contribution in [0.15, 0.2) is 30.3 Å². The molecule has 1 saturated heterocycles. The van der Waals surface area contributed by atoms with Crippen molar-refractivity contribution in [1.29, 1.82) is 5.26 Å². The zero-order chi connectivity index (χ0) is 21.5. The molecule has 1 fully saturated rings. The third-order valence-corrected chi connectivity index (χ3v) is 4.73. The van der Waals surface area contributed by atoms with Crippen LogP contribution in [-0.2, 0) is 4.79 Å². The molecule has 1 atom stereocenters. The highest BCUT2D eigenvalue weighted by molar-refractivity contribution is 5.92. The molecule has 1 aromatic carbocycles. The average molecular weight is 409 g/mol. The van der Waals surface area contributed by atoms with E-state index in [0.29, 0.717) is 42.5 Å². The predicted octanol–water partition coefficient (Wildman–Crippen LogP) is 0.433. The number of nitrogens with two attached hydrogens (primary N) is 2. The number of carbonyl (C=O) groups excluding carboxylic acids is 2. The fraction of sp³-hybridized carbons (Fsp3) is 0.350. The number of benzene rings is 1. The molecule has 10 nitrogen and oxygen atoms in total. The molecule has 3 rings (SSSR count). The van der Waals surface area contributed by atoms with Crippen LogP contribution in [0.5, 0.6) is 5.75 Å². The Kier molecular flexibility index (Phi) is 6.77. The third kappa shape index (κ3) is 5.21. The average Bonchev–Trinajstić information content (AvgIpc) is 2.78. The summed E-state index contributed by atoms with van der Waals surface area (Å²) >= 11 is 0. The predicted molar refractivity (Wildman–Crippen MR) is 110 cm³/mol. The number of amides is 1. The summed E-state index contributed by atoms with van der Waals surface area (Å²) in [5, 5.41) is 11.7. The van der Waals surface area contributed by atoms with Crippen molar-refractivity contribution >= 4 is 24.0 Å². The second-order valence-electron chi connectivity index (χ2n) is 6.87. The Morgan fingerprint density at radius 3 is 2.60 bits per heavy atom. The smallest absolute Gasteiger partial charge is 0.267 e. The van der Waals surface area contributed by atoms with Crippen molar-refractivity contribution in [2.45, 2.75) is 25.0 Å².